The maximum Gasteiger partial charge on any atom is 0.131 e. The van der Waals surface area contributed by atoms with Crippen molar-refractivity contribution in [1.82, 2.24) is 5.48 Å². The van der Waals surface area contributed by atoms with E-state index in [2.05, 4.69) is 10.3 Å². The van der Waals surface area contributed by atoms with Gasteiger partial charge in [-0.1, -0.05) is 11.6 Å². The Kier molecular flexibility index (Phi) is 3.86. The van der Waals surface area contributed by atoms with Gasteiger partial charge in [-0.3, -0.25) is 0 Å². The third-order valence-corrected chi connectivity index (χ3v) is 2.55. The van der Waals surface area contributed by atoms with E-state index in [1.807, 2.05) is 0 Å². The van der Waals surface area contributed by atoms with Crippen LogP contribution in [0.1, 0.15) is 16.7 Å². The van der Waals surface area contributed by atoms with E-state index in [0.29, 0.717) is 22.7 Å². The number of hydrogen-bond donors (Lipinski definition) is 1. The van der Waals surface area contributed by atoms with Crippen molar-refractivity contribution in [1.29, 1.82) is 0 Å². The minimum absolute atomic E-state index is 0.226. The van der Waals surface area contributed by atoms with Crippen LogP contribution in [-0.4, -0.2) is 7.11 Å². The molecule has 0 aliphatic rings. The van der Waals surface area contributed by atoms with Crippen LogP contribution in [0.4, 0.5) is 4.39 Å². The quantitative estimate of drug-likeness (QED) is 0.787. The first-order valence-electron chi connectivity index (χ1n) is 4.27. The summed E-state index contributed by atoms with van der Waals surface area (Å²) in [6, 6.07) is 1.63. The molecule has 0 unspecified atom stereocenters. The highest BCUT2D eigenvalue weighted by molar-refractivity contribution is 6.31. The van der Waals surface area contributed by atoms with Gasteiger partial charge in [0.05, 0.1) is 7.11 Å². The molecule has 78 valence electrons. The van der Waals surface area contributed by atoms with E-state index in [4.69, 9.17) is 11.6 Å². The van der Waals surface area contributed by atoms with Crippen LogP contribution in [0, 0.1) is 19.7 Å². The van der Waals surface area contributed by atoms with Gasteiger partial charge in [0.2, 0.25) is 0 Å². The fourth-order valence-electron chi connectivity index (χ4n) is 1.26. The maximum absolute atomic E-state index is 13.6. The molecule has 0 saturated heterocycles. The van der Waals surface area contributed by atoms with Crippen LogP contribution in [0.5, 0.6) is 0 Å². The Morgan fingerprint density at radius 1 is 1.50 bits per heavy atom. The zero-order valence-electron chi connectivity index (χ0n) is 8.45. The summed E-state index contributed by atoms with van der Waals surface area (Å²) in [5, 5.41) is 0.580. The number of rotatable bonds is 3. The topological polar surface area (TPSA) is 21.3 Å². The molecule has 1 aromatic carbocycles. The van der Waals surface area contributed by atoms with Crippen molar-refractivity contribution in [2.75, 3.05) is 7.11 Å². The van der Waals surface area contributed by atoms with Crippen LogP contribution < -0.4 is 5.48 Å². The first-order chi connectivity index (χ1) is 6.57. The molecule has 0 fully saturated rings. The van der Waals surface area contributed by atoms with E-state index in [1.165, 1.54) is 7.11 Å². The van der Waals surface area contributed by atoms with Crippen LogP contribution in [0.25, 0.3) is 0 Å². The number of halogens is 2. The van der Waals surface area contributed by atoms with Gasteiger partial charge in [-0.2, -0.15) is 5.48 Å². The van der Waals surface area contributed by atoms with Crippen LogP contribution in [0.2, 0.25) is 5.02 Å². The van der Waals surface area contributed by atoms with Gasteiger partial charge in [0.1, 0.15) is 5.82 Å². The maximum atomic E-state index is 13.6. The van der Waals surface area contributed by atoms with Gasteiger partial charge in [0.15, 0.2) is 0 Å². The molecule has 1 aromatic rings. The fourth-order valence-corrected chi connectivity index (χ4v) is 1.54. The lowest BCUT2D eigenvalue weighted by Gasteiger charge is -2.11. The van der Waals surface area contributed by atoms with Crippen molar-refractivity contribution < 1.29 is 9.23 Å². The molecule has 14 heavy (non-hydrogen) atoms. The van der Waals surface area contributed by atoms with Crippen molar-refractivity contribution in [3.8, 4) is 0 Å². The highest BCUT2D eigenvalue weighted by Gasteiger charge is 2.11. The summed E-state index contributed by atoms with van der Waals surface area (Å²) in [6.07, 6.45) is 0. The van der Waals surface area contributed by atoms with E-state index in [0.717, 1.165) is 5.56 Å². The average Bonchev–Trinajstić information content (AvgIpc) is 2.15. The molecule has 1 N–H and O–H groups in total. The molecule has 0 bridgehead atoms. The molecule has 0 radical (unpaired) electrons. The van der Waals surface area contributed by atoms with E-state index in [1.54, 1.807) is 19.9 Å². The van der Waals surface area contributed by atoms with Crippen molar-refractivity contribution in [3.63, 3.8) is 0 Å². The SMILES string of the molecule is CONCc1c(C)c(Cl)cc(C)c1F. The average molecular weight is 218 g/mol. The predicted octanol–water partition coefficient (Wildman–Crippen LogP) is 2.75. The molecule has 0 aromatic heterocycles. The van der Waals surface area contributed by atoms with Crippen LogP contribution in [0.3, 0.4) is 0 Å². The lowest BCUT2D eigenvalue weighted by Crippen LogP contribution is -2.14. The van der Waals surface area contributed by atoms with E-state index in [-0.39, 0.29) is 5.82 Å². The summed E-state index contributed by atoms with van der Waals surface area (Å²) in [7, 11) is 1.49. The molecule has 0 spiro atoms. The summed E-state index contributed by atoms with van der Waals surface area (Å²) < 4.78 is 13.6. The van der Waals surface area contributed by atoms with Crippen LogP contribution >= 0.6 is 11.6 Å². The fraction of sp³-hybridized carbons (Fsp3) is 0.400. The smallest absolute Gasteiger partial charge is 0.131 e. The zero-order chi connectivity index (χ0) is 10.7. The van der Waals surface area contributed by atoms with Gasteiger partial charge in [-0.25, -0.2) is 4.39 Å². The number of nitrogens with one attached hydrogen (secondary N) is 1. The Labute approximate surface area is 88.0 Å². The van der Waals surface area contributed by atoms with Crippen molar-refractivity contribution in [2.24, 2.45) is 0 Å². The second-order valence-electron chi connectivity index (χ2n) is 3.12. The molecule has 0 amide bonds. The molecule has 0 aliphatic heterocycles. The minimum atomic E-state index is -0.226. The largest absolute Gasteiger partial charge is 0.305 e. The number of benzene rings is 1. The predicted molar refractivity (Wildman–Crippen MR) is 54.7 cm³/mol. The minimum Gasteiger partial charge on any atom is -0.305 e. The molecular weight excluding hydrogens is 205 g/mol. The summed E-state index contributed by atoms with van der Waals surface area (Å²) >= 11 is 5.93. The highest BCUT2D eigenvalue weighted by Crippen LogP contribution is 2.24. The molecule has 0 aliphatic carbocycles. The number of hydrogen-bond acceptors (Lipinski definition) is 2. The summed E-state index contributed by atoms with van der Waals surface area (Å²) in [5.41, 5.74) is 4.45. The van der Waals surface area contributed by atoms with Crippen molar-refractivity contribution in [3.05, 3.63) is 33.6 Å². The van der Waals surface area contributed by atoms with Gasteiger partial charge in [0.25, 0.3) is 0 Å². The third-order valence-electron chi connectivity index (χ3n) is 2.16. The lowest BCUT2D eigenvalue weighted by atomic mass is 10.0. The Bertz CT molecular complexity index is 315. The van der Waals surface area contributed by atoms with Crippen LogP contribution in [-0.2, 0) is 11.4 Å². The summed E-state index contributed by atoms with van der Waals surface area (Å²) in [5.74, 6) is -0.226. The van der Waals surface area contributed by atoms with Gasteiger partial charge in [-0.15, -0.1) is 0 Å². The van der Waals surface area contributed by atoms with Crippen molar-refractivity contribution >= 4 is 11.6 Å². The Morgan fingerprint density at radius 2 is 2.14 bits per heavy atom. The van der Waals surface area contributed by atoms with Gasteiger partial charge in [-0.05, 0) is 31.0 Å². The highest BCUT2D eigenvalue weighted by atomic mass is 35.5. The molecule has 2 nitrogen and oxygen atoms in total. The van der Waals surface area contributed by atoms with Gasteiger partial charge in [0, 0.05) is 17.1 Å². The monoisotopic (exact) mass is 217 g/mol. The lowest BCUT2D eigenvalue weighted by molar-refractivity contribution is 0.0857. The Balaban J connectivity index is 3.11. The summed E-state index contributed by atoms with van der Waals surface area (Å²) in [4.78, 5) is 4.68. The van der Waals surface area contributed by atoms with E-state index in [9.17, 15) is 4.39 Å². The molecular formula is C10H13ClFNO. The molecule has 0 heterocycles. The van der Waals surface area contributed by atoms with E-state index >= 15 is 0 Å². The molecule has 1 rings (SSSR count). The van der Waals surface area contributed by atoms with Crippen LogP contribution in [0.15, 0.2) is 6.07 Å². The third kappa shape index (κ3) is 2.23. The van der Waals surface area contributed by atoms with Gasteiger partial charge >= 0.3 is 0 Å². The summed E-state index contributed by atoms with van der Waals surface area (Å²) in [6.45, 7) is 3.80. The van der Waals surface area contributed by atoms with Gasteiger partial charge < -0.3 is 4.84 Å². The second-order valence-corrected chi connectivity index (χ2v) is 3.53. The first-order valence-corrected chi connectivity index (χ1v) is 4.65. The Hall–Kier alpha value is -0.640. The molecule has 0 atom stereocenters. The molecule has 4 heteroatoms. The first kappa shape index (κ1) is 11.4. The standard InChI is InChI=1S/C10H13ClFNO/c1-6-4-9(11)7(2)8(10(6)12)5-13-14-3/h4,13H,5H2,1-3H3. The normalized spacial score (nSPS) is 10.6. The van der Waals surface area contributed by atoms with E-state index < -0.39 is 0 Å². The number of hydroxylamine groups is 1. The zero-order valence-corrected chi connectivity index (χ0v) is 9.20. The number of aryl methyl sites for hydroxylation is 1. The Morgan fingerprint density at radius 3 is 2.71 bits per heavy atom. The molecule has 0 saturated carbocycles. The second kappa shape index (κ2) is 4.73. The van der Waals surface area contributed by atoms with Crippen molar-refractivity contribution in [2.45, 2.75) is 20.4 Å².